The zero-order valence-corrected chi connectivity index (χ0v) is 12.9. The molecule has 0 nitrogen and oxygen atoms in total. The lowest BCUT2D eigenvalue weighted by Crippen LogP contribution is -1.87. The van der Waals surface area contributed by atoms with Crippen LogP contribution in [0.15, 0.2) is 66.7 Å². The Hall–Kier alpha value is -2.34. The molecule has 0 N–H and O–H groups in total. The Morgan fingerprint density at radius 1 is 0.476 bits per heavy atom. The summed E-state index contributed by atoms with van der Waals surface area (Å²) >= 11 is 0. The van der Waals surface area contributed by atoms with Crippen molar-refractivity contribution in [1.29, 1.82) is 0 Å². The van der Waals surface area contributed by atoms with Gasteiger partial charge in [0.2, 0.25) is 0 Å². The van der Waals surface area contributed by atoms with Crippen LogP contribution in [0.5, 0.6) is 0 Å². The fourth-order valence-corrected chi connectivity index (χ4v) is 2.71. The number of hydrogen-bond acceptors (Lipinski definition) is 0. The molecule has 0 aliphatic rings. The second kappa shape index (κ2) is 5.57. The van der Waals surface area contributed by atoms with Crippen LogP contribution in [0.4, 0.5) is 0 Å². The van der Waals surface area contributed by atoms with Gasteiger partial charge in [0.05, 0.1) is 0 Å². The highest BCUT2D eigenvalue weighted by molar-refractivity contribution is 5.73. The van der Waals surface area contributed by atoms with Gasteiger partial charge in [-0.3, -0.25) is 0 Å². The highest BCUT2D eigenvalue weighted by Crippen LogP contribution is 2.29. The van der Waals surface area contributed by atoms with Gasteiger partial charge in [-0.25, -0.2) is 0 Å². The molecule has 0 aliphatic carbocycles. The van der Waals surface area contributed by atoms with Crippen molar-refractivity contribution >= 4 is 0 Å². The average Bonchev–Trinajstić information content (AvgIpc) is 2.51. The fraction of sp³-hybridized carbons (Fsp3) is 0.143. The molecule has 0 heterocycles. The molecule has 0 radical (unpaired) electrons. The van der Waals surface area contributed by atoms with Crippen LogP contribution >= 0.6 is 0 Å². The minimum absolute atomic E-state index is 1.28. The lowest BCUT2D eigenvalue weighted by molar-refractivity contribution is 1.34. The molecule has 3 rings (SSSR count). The minimum atomic E-state index is 1.28. The van der Waals surface area contributed by atoms with Crippen LogP contribution in [-0.2, 0) is 0 Å². The summed E-state index contributed by atoms with van der Waals surface area (Å²) in [5.41, 5.74) is 9.17. The maximum absolute atomic E-state index is 2.28. The first-order chi connectivity index (χ1) is 10.1. The molecule has 0 spiro atoms. The summed E-state index contributed by atoms with van der Waals surface area (Å²) in [4.78, 5) is 0. The summed E-state index contributed by atoms with van der Waals surface area (Å²) in [6.07, 6.45) is 0. The second-order valence-electron chi connectivity index (χ2n) is 5.69. The van der Waals surface area contributed by atoms with Gasteiger partial charge < -0.3 is 0 Å². The number of aryl methyl sites for hydroxylation is 3. The molecule has 0 saturated heterocycles. The van der Waals surface area contributed by atoms with E-state index in [4.69, 9.17) is 0 Å². The molecule has 3 aromatic rings. The Balaban J connectivity index is 2.03. The van der Waals surface area contributed by atoms with Gasteiger partial charge in [-0.2, -0.15) is 0 Å². The van der Waals surface area contributed by atoms with Crippen molar-refractivity contribution < 1.29 is 0 Å². The van der Waals surface area contributed by atoms with E-state index in [1.54, 1.807) is 0 Å². The third-order valence-electron chi connectivity index (χ3n) is 4.15. The predicted molar refractivity (Wildman–Crippen MR) is 91.5 cm³/mol. The quantitative estimate of drug-likeness (QED) is 0.541. The molecule has 0 heteroatoms. The first-order valence-electron chi connectivity index (χ1n) is 7.39. The van der Waals surface area contributed by atoms with Crippen LogP contribution in [0.25, 0.3) is 22.3 Å². The Kier molecular flexibility index (Phi) is 3.62. The van der Waals surface area contributed by atoms with Crippen LogP contribution in [-0.4, -0.2) is 0 Å². The van der Waals surface area contributed by atoms with E-state index in [1.165, 1.54) is 38.9 Å². The Morgan fingerprint density at radius 3 is 1.71 bits per heavy atom. The van der Waals surface area contributed by atoms with Crippen LogP contribution in [0.1, 0.15) is 16.7 Å². The van der Waals surface area contributed by atoms with E-state index >= 15 is 0 Å². The molecule has 0 atom stereocenters. The Bertz CT molecular complexity index is 767. The van der Waals surface area contributed by atoms with E-state index < -0.39 is 0 Å². The van der Waals surface area contributed by atoms with Gasteiger partial charge in [0.25, 0.3) is 0 Å². The van der Waals surface area contributed by atoms with Crippen molar-refractivity contribution in [2.45, 2.75) is 20.8 Å². The zero-order valence-electron chi connectivity index (χ0n) is 12.9. The third-order valence-corrected chi connectivity index (χ3v) is 4.15. The van der Waals surface area contributed by atoms with Gasteiger partial charge in [0.15, 0.2) is 0 Å². The summed E-state index contributed by atoms with van der Waals surface area (Å²) in [5.74, 6) is 0. The van der Waals surface area contributed by atoms with Gasteiger partial charge >= 0.3 is 0 Å². The Labute approximate surface area is 127 Å². The van der Waals surface area contributed by atoms with E-state index in [9.17, 15) is 0 Å². The molecule has 0 bridgehead atoms. The molecule has 0 saturated carbocycles. The van der Waals surface area contributed by atoms with Crippen molar-refractivity contribution in [1.82, 2.24) is 0 Å². The first kappa shape index (κ1) is 13.6. The first-order valence-corrected chi connectivity index (χ1v) is 7.39. The van der Waals surface area contributed by atoms with Gasteiger partial charge in [0, 0.05) is 0 Å². The highest BCUT2D eigenvalue weighted by Gasteiger charge is 2.05. The predicted octanol–water partition coefficient (Wildman–Crippen LogP) is 5.95. The minimum Gasteiger partial charge on any atom is -0.0622 e. The molecule has 0 aromatic heterocycles. The maximum atomic E-state index is 2.28. The molecular weight excluding hydrogens is 252 g/mol. The molecular formula is C21H20. The largest absolute Gasteiger partial charge is 0.0622 e. The zero-order chi connectivity index (χ0) is 14.8. The third kappa shape index (κ3) is 2.75. The van der Waals surface area contributed by atoms with Crippen molar-refractivity contribution in [3.63, 3.8) is 0 Å². The topological polar surface area (TPSA) is 0 Å². The Morgan fingerprint density at radius 2 is 1.10 bits per heavy atom. The van der Waals surface area contributed by atoms with Crippen molar-refractivity contribution in [2.24, 2.45) is 0 Å². The molecule has 0 aliphatic heterocycles. The number of benzene rings is 3. The van der Waals surface area contributed by atoms with Gasteiger partial charge in [-0.05, 0) is 59.7 Å². The molecule has 21 heavy (non-hydrogen) atoms. The number of hydrogen-bond donors (Lipinski definition) is 0. The van der Waals surface area contributed by atoms with Gasteiger partial charge in [0.1, 0.15) is 0 Å². The van der Waals surface area contributed by atoms with Crippen LogP contribution < -0.4 is 0 Å². The van der Waals surface area contributed by atoms with Crippen molar-refractivity contribution in [2.75, 3.05) is 0 Å². The molecule has 104 valence electrons. The summed E-state index contributed by atoms with van der Waals surface area (Å²) in [5, 5.41) is 0. The summed E-state index contributed by atoms with van der Waals surface area (Å²) in [7, 11) is 0. The summed E-state index contributed by atoms with van der Waals surface area (Å²) in [6.45, 7) is 6.51. The van der Waals surface area contributed by atoms with Crippen LogP contribution in [0, 0.1) is 20.8 Å². The summed E-state index contributed by atoms with van der Waals surface area (Å²) in [6, 6.07) is 24.0. The molecule has 0 unspecified atom stereocenters. The van der Waals surface area contributed by atoms with E-state index in [0.717, 1.165) is 0 Å². The fourth-order valence-electron chi connectivity index (χ4n) is 2.71. The van der Waals surface area contributed by atoms with E-state index in [0.29, 0.717) is 0 Å². The van der Waals surface area contributed by atoms with Crippen LogP contribution in [0.2, 0.25) is 0 Å². The van der Waals surface area contributed by atoms with Gasteiger partial charge in [-0.1, -0.05) is 66.7 Å². The smallest absolute Gasteiger partial charge is 0.0154 e. The lowest BCUT2D eigenvalue weighted by Gasteiger charge is -2.10. The highest BCUT2D eigenvalue weighted by atomic mass is 14.1. The van der Waals surface area contributed by atoms with E-state index in [1.807, 2.05) is 0 Å². The van der Waals surface area contributed by atoms with Crippen molar-refractivity contribution in [3.8, 4) is 22.3 Å². The number of rotatable bonds is 2. The summed E-state index contributed by atoms with van der Waals surface area (Å²) < 4.78 is 0. The molecule has 0 fully saturated rings. The second-order valence-corrected chi connectivity index (χ2v) is 5.69. The van der Waals surface area contributed by atoms with Crippen LogP contribution in [0.3, 0.4) is 0 Å². The van der Waals surface area contributed by atoms with Gasteiger partial charge in [-0.15, -0.1) is 0 Å². The average molecular weight is 272 g/mol. The SMILES string of the molecule is Cc1ccc(-c2ccc(-c3ccccc3)c(C)c2)cc1C. The maximum Gasteiger partial charge on any atom is -0.0154 e. The normalized spacial score (nSPS) is 10.6. The van der Waals surface area contributed by atoms with E-state index in [2.05, 4.69) is 87.5 Å². The molecule has 3 aromatic carbocycles. The lowest BCUT2D eigenvalue weighted by atomic mass is 9.94. The van der Waals surface area contributed by atoms with E-state index in [-0.39, 0.29) is 0 Å². The molecule has 0 amide bonds. The monoisotopic (exact) mass is 272 g/mol. The van der Waals surface area contributed by atoms with Crippen molar-refractivity contribution in [3.05, 3.63) is 83.4 Å². The standard InChI is InChI=1S/C21H20/c1-15-9-10-19(13-16(15)2)20-11-12-21(17(3)14-20)18-7-5-4-6-8-18/h4-14H,1-3H3.